The third kappa shape index (κ3) is 3.86. The molecule has 1 aliphatic rings. The predicted molar refractivity (Wildman–Crippen MR) is 121 cm³/mol. The van der Waals surface area contributed by atoms with Crippen LogP contribution < -0.4 is 4.90 Å². The number of carbonyl (C=O) groups is 1. The molecule has 0 unspecified atom stereocenters. The Morgan fingerprint density at radius 2 is 1.71 bits per heavy atom. The number of carbonyl (C=O) groups excluding carboxylic acids is 1. The van der Waals surface area contributed by atoms with Gasteiger partial charge in [-0.3, -0.25) is 9.78 Å². The van der Waals surface area contributed by atoms with Gasteiger partial charge >= 0.3 is 0 Å². The lowest BCUT2D eigenvalue weighted by molar-refractivity contribution is -0.130. The molecule has 1 fully saturated rings. The van der Waals surface area contributed by atoms with Crippen molar-refractivity contribution >= 4 is 22.6 Å². The Labute approximate surface area is 181 Å². The van der Waals surface area contributed by atoms with Crippen LogP contribution in [0, 0.1) is 0 Å². The number of para-hydroxylation sites is 1. The molecular weight excluding hydrogens is 388 g/mol. The van der Waals surface area contributed by atoms with Gasteiger partial charge in [-0.05, 0) is 35.9 Å². The van der Waals surface area contributed by atoms with Gasteiger partial charge in [0.05, 0.1) is 12.1 Å². The molecule has 156 valence electrons. The van der Waals surface area contributed by atoms with Crippen molar-refractivity contribution < 1.29 is 4.79 Å². The summed E-state index contributed by atoms with van der Waals surface area (Å²) in [5.74, 6) is 1.01. The Morgan fingerprint density at radius 1 is 0.903 bits per heavy atom. The number of rotatable bonds is 4. The standard InChI is InChI=1S/C24H24N6O/c1-28-17-18(19-6-2-3-8-22(19)28)16-24(31)30-14-12-29(13-15-30)23-10-9-21(26-27-23)20-7-4-5-11-25-20/h2-11,17H,12-16H2,1H3. The minimum atomic E-state index is 0.174. The average Bonchev–Trinajstić information content (AvgIpc) is 3.15. The molecule has 31 heavy (non-hydrogen) atoms. The van der Waals surface area contributed by atoms with E-state index in [2.05, 4.69) is 43.0 Å². The summed E-state index contributed by atoms with van der Waals surface area (Å²) in [6.45, 7) is 2.87. The summed E-state index contributed by atoms with van der Waals surface area (Å²) in [7, 11) is 2.02. The van der Waals surface area contributed by atoms with Gasteiger partial charge in [0.1, 0.15) is 5.69 Å². The fourth-order valence-electron chi connectivity index (χ4n) is 4.17. The first-order valence-electron chi connectivity index (χ1n) is 10.5. The Bertz CT molecular complexity index is 1190. The fourth-order valence-corrected chi connectivity index (χ4v) is 4.17. The van der Waals surface area contributed by atoms with Gasteiger partial charge in [0, 0.05) is 56.5 Å². The van der Waals surface area contributed by atoms with Crippen molar-refractivity contribution in [3.05, 3.63) is 72.6 Å². The van der Waals surface area contributed by atoms with Crippen molar-refractivity contribution in [1.29, 1.82) is 0 Å². The molecule has 0 spiro atoms. The van der Waals surface area contributed by atoms with Crippen LogP contribution in [0.3, 0.4) is 0 Å². The number of amides is 1. The quantitative estimate of drug-likeness (QED) is 0.516. The average molecular weight is 412 g/mol. The van der Waals surface area contributed by atoms with Crippen molar-refractivity contribution in [1.82, 2.24) is 24.6 Å². The van der Waals surface area contributed by atoms with Crippen LogP contribution in [0.15, 0.2) is 67.0 Å². The number of hydrogen-bond acceptors (Lipinski definition) is 5. The summed E-state index contributed by atoms with van der Waals surface area (Å²) in [6, 6.07) is 17.9. The Kier molecular flexibility index (Phi) is 5.08. The molecule has 0 aliphatic carbocycles. The highest BCUT2D eigenvalue weighted by atomic mass is 16.2. The minimum Gasteiger partial charge on any atom is -0.352 e. The van der Waals surface area contributed by atoms with E-state index in [0.717, 1.165) is 46.8 Å². The van der Waals surface area contributed by atoms with E-state index in [1.54, 1.807) is 6.20 Å². The Hall–Kier alpha value is -3.74. The SMILES string of the molecule is Cn1cc(CC(=O)N2CCN(c3ccc(-c4ccccn4)nn3)CC2)c2ccccc21. The fraction of sp³-hybridized carbons (Fsp3) is 0.250. The van der Waals surface area contributed by atoms with Gasteiger partial charge in [-0.25, -0.2) is 0 Å². The molecule has 0 N–H and O–H groups in total. The molecule has 5 rings (SSSR count). The van der Waals surface area contributed by atoms with E-state index < -0.39 is 0 Å². The van der Waals surface area contributed by atoms with Crippen LogP contribution in [-0.2, 0) is 18.3 Å². The number of aromatic nitrogens is 4. The molecule has 1 amide bonds. The van der Waals surface area contributed by atoms with Crippen LogP contribution in [0.1, 0.15) is 5.56 Å². The van der Waals surface area contributed by atoms with E-state index in [4.69, 9.17) is 0 Å². The number of nitrogens with zero attached hydrogens (tertiary/aromatic N) is 6. The summed E-state index contributed by atoms with van der Waals surface area (Å²) in [4.78, 5) is 21.4. The van der Waals surface area contributed by atoms with E-state index in [0.29, 0.717) is 19.5 Å². The van der Waals surface area contributed by atoms with Crippen LogP contribution in [0.2, 0.25) is 0 Å². The molecule has 1 aromatic carbocycles. The predicted octanol–water partition coefficient (Wildman–Crippen LogP) is 2.92. The van der Waals surface area contributed by atoms with Crippen LogP contribution in [0.25, 0.3) is 22.3 Å². The summed E-state index contributed by atoms with van der Waals surface area (Å²) < 4.78 is 2.09. The highest BCUT2D eigenvalue weighted by Gasteiger charge is 2.23. The second-order valence-electron chi connectivity index (χ2n) is 7.82. The van der Waals surface area contributed by atoms with E-state index in [1.165, 1.54) is 0 Å². The molecule has 0 atom stereocenters. The minimum absolute atomic E-state index is 0.174. The third-order valence-electron chi connectivity index (χ3n) is 5.86. The zero-order chi connectivity index (χ0) is 21.2. The number of piperazine rings is 1. The molecule has 3 aromatic heterocycles. The van der Waals surface area contributed by atoms with Crippen molar-refractivity contribution in [2.75, 3.05) is 31.1 Å². The monoisotopic (exact) mass is 412 g/mol. The summed E-state index contributed by atoms with van der Waals surface area (Å²) in [5.41, 5.74) is 3.81. The summed E-state index contributed by atoms with van der Waals surface area (Å²) >= 11 is 0. The zero-order valence-electron chi connectivity index (χ0n) is 17.5. The van der Waals surface area contributed by atoms with Gasteiger partial charge in [0.25, 0.3) is 0 Å². The second kappa shape index (κ2) is 8.18. The first-order valence-corrected chi connectivity index (χ1v) is 10.5. The number of aryl methyl sites for hydroxylation is 1. The highest BCUT2D eigenvalue weighted by molar-refractivity contribution is 5.89. The molecule has 4 heterocycles. The van der Waals surface area contributed by atoms with Crippen LogP contribution >= 0.6 is 0 Å². The normalized spacial score (nSPS) is 14.2. The molecule has 7 nitrogen and oxygen atoms in total. The van der Waals surface area contributed by atoms with Crippen LogP contribution in [-0.4, -0.2) is 56.7 Å². The van der Waals surface area contributed by atoms with Gasteiger partial charge in [0.15, 0.2) is 5.82 Å². The highest BCUT2D eigenvalue weighted by Crippen LogP contribution is 2.22. The van der Waals surface area contributed by atoms with Crippen molar-refractivity contribution in [2.45, 2.75) is 6.42 Å². The van der Waals surface area contributed by atoms with Crippen molar-refractivity contribution in [2.24, 2.45) is 7.05 Å². The summed E-state index contributed by atoms with van der Waals surface area (Å²) in [6.07, 6.45) is 4.25. The number of benzene rings is 1. The number of fused-ring (bicyclic) bond motifs is 1. The summed E-state index contributed by atoms with van der Waals surface area (Å²) in [5, 5.41) is 9.86. The molecule has 7 heteroatoms. The lowest BCUT2D eigenvalue weighted by Gasteiger charge is -2.35. The van der Waals surface area contributed by atoms with Crippen molar-refractivity contribution in [3.63, 3.8) is 0 Å². The number of hydrogen-bond donors (Lipinski definition) is 0. The van der Waals surface area contributed by atoms with E-state index in [-0.39, 0.29) is 5.91 Å². The van der Waals surface area contributed by atoms with E-state index in [1.807, 2.05) is 54.4 Å². The maximum absolute atomic E-state index is 12.9. The molecule has 1 aliphatic heterocycles. The van der Waals surface area contributed by atoms with Gasteiger partial charge in [0.2, 0.25) is 5.91 Å². The Morgan fingerprint density at radius 3 is 2.45 bits per heavy atom. The van der Waals surface area contributed by atoms with Crippen LogP contribution in [0.5, 0.6) is 0 Å². The third-order valence-corrected chi connectivity index (χ3v) is 5.86. The number of anilines is 1. The first kappa shape index (κ1) is 19.2. The zero-order valence-corrected chi connectivity index (χ0v) is 17.5. The molecule has 4 aromatic rings. The topological polar surface area (TPSA) is 67.2 Å². The van der Waals surface area contributed by atoms with E-state index in [9.17, 15) is 4.79 Å². The Balaban J connectivity index is 1.21. The molecular formula is C24H24N6O. The molecule has 0 saturated carbocycles. The van der Waals surface area contributed by atoms with Gasteiger partial charge in [-0.1, -0.05) is 24.3 Å². The maximum Gasteiger partial charge on any atom is 0.227 e. The largest absolute Gasteiger partial charge is 0.352 e. The molecule has 0 bridgehead atoms. The van der Waals surface area contributed by atoms with Crippen LogP contribution in [0.4, 0.5) is 5.82 Å². The maximum atomic E-state index is 12.9. The van der Waals surface area contributed by atoms with Gasteiger partial charge in [-0.15, -0.1) is 10.2 Å². The second-order valence-corrected chi connectivity index (χ2v) is 7.82. The molecule has 1 saturated heterocycles. The van der Waals surface area contributed by atoms with Gasteiger partial charge < -0.3 is 14.4 Å². The number of pyridine rings is 1. The van der Waals surface area contributed by atoms with Crippen molar-refractivity contribution in [3.8, 4) is 11.4 Å². The lowest BCUT2D eigenvalue weighted by atomic mass is 10.1. The smallest absolute Gasteiger partial charge is 0.227 e. The van der Waals surface area contributed by atoms with E-state index >= 15 is 0 Å². The van der Waals surface area contributed by atoms with Gasteiger partial charge in [-0.2, -0.15) is 0 Å². The lowest BCUT2D eigenvalue weighted by Crippen LogP contribution is -2.49. The molecule has 0 radical (unpaired) electrons. The first-order chi connectivity index (χ1) is 15.2.